The van der Waals surface area contributed by atoms with E-state index in [0.29, 0.717) is 5.75 Å². The standard InChI is InChI=1S/C15H23FN2O2/c1-2-12-7-14(18-3-5-19-6-4-18)9-15(8-12)20-11-13(16)10-17/h7-9,13H,2-6,10-11,17H2,1H3/t13-/m1/s1. The highest BCUT2D eigenvalue weighted by atomic mass is 19.1. The lowest BCUT2D eigenvalue weighted by atomic mass is 10.1. The minimum atomic E-state index is -1.12. The van der Waals surface area contributed by atoms with Crippen LogP contribution in [0.1, 0.15) is 12.5 Å². The Morgan fingerprint density at radius 3 is 2.75 bits per heavy atom. The smallest absolute Gasteiger partial charge is 0.146 e. The molecule has 4 nitrogen and oxygen atoms in total. The molecule has 0 aliphatic carbocycles. The summed E-state index contributed by atoms with van der Waals surface area (Å²) in [4.78, 5) is 2.27. The van der Waals surface area contributed by atoms with Crippen LogP contribution in [0.4, 0.5) is 10.1 Å². The lowest BCUT2D eigenvalue weighted by Gasteiger charge is -2.29. The van der Waals surface area contributed by atoms with Gasteiger partial charge in [-0.25, -0.2) is 4.39 Å². The fourth-order valence-corrected chi connectivity index (χ4v) is 2.19. The number of morpholine rings is 1. The van der Waals surface area contributed by atoms with E-state index in [1.807, 2.05) is 12.1 Å². The van der Waals surface area contributed by atoms with Gasteiger partial charge in [0.25, 0.3) is 0 Å². The number of hydrogen-bond donors (Lipinski definition) is 1. The Bertz CT molecular complexity index is 422. The number of anilines is 1. The van der Waals surface area contributed by atoms with Gasteiger partial charge in [0.2, 0.25) is 0 Å². The van der Waals surface area contributed by atoms with Crippen molar-refractivity contribution in [1.29, 1.82) is 0 Å². The number of halogens is 1. The molecule has 1 fully saturated rings. The second kappa shape index (κ2) is 7.45. The number of nitrogens with two attached hydrogens (primary N) is 1. The molecular formula is C15H23FN2O2. The van der Waals surface area contributed by atoms with Crippen molar-refractivity contribution in [1.82, 2.24) is 0 Å². The van der Waals surface area contributed by atoms with Gasteiger partial charge in [0.05, 0.1) is 13.2 Å². The van der Waals surface area contributed by atoms with Crippen LogP contribution in [0.5, 0.6) is 5.75 Å². The van der Waals surface area contributed by atoms with E-state index in [1.165, 1.54) is 5.56 Å². The molecule has 1 aromatic carbocycles. The van der Waals surface area contributed by atoms with Crippen LogP contribution in [-0.2, 0) is 11.2 Å². The molecule has 0 unspecified atom stereocenters. The Balaban J connectivity index is 2.10. The van der Waals surface area contributed by atoms with Crippen LogP contribution in [0.15, 0.2) is 18.2 Å². The predicted octanol–water partition coefficient (Wildman–Crippen LogP) is 1.76. The summed E-state index contributed by atoms with van der Waals surface area (Å²) in [7, 11) is 0. The minimum Gasteiger partial charge on any atom is -0.490 e. The molecule has 1 aromatic rings. The quantitative estimate of drug-likeness (QED) is 0.863. The van der Waals surface area contributed by atoms with Crippen molar-refractivity contribution >= 4 is 5.69 Å². The van der Waals surface area contributed by atoms with Crippen LogP contribution in [-0.4, -0.2) is 45.6 Å². The highest BCUT2D eigenvalue weighted by Crippen LogP contribution is 2.25. The zero-order valence-electron chi connectivity index (χ0n) is 12.0. The minimum absolute atomic E-state index is 0.00617. The van der Waals surface area contributed by atoms with Crippen molar-refractivity contribution < 1.29 is 13.9 Å². The summed E-state index contributed by atoms with van der Waals surface area (Å²) in [5.41, 5.74) is 7.57. The van der Waals surface area contributed by atoms with Gasteiger partial charge < -0.3 is 20.1 Å². The monoisotopic (exact) mass is 282 g/mol. The van der Waals surface area contributed by atoms with E-state index < -0.39 is 6.17 Å². The molecule has 0 amide bonds. The lowest BCUT2D eigenvalue weighted by Crippen LogP contribution is -2.36. The van der Waals surface area contributed by atoms with E-state index in [9.17, 15) is 4.39 Å². The highest BCUT2D eigenvalue weighted by molar-refractivity contribution is 5.53. The second-order valence-corrected chi connectivity index (χ2v) is 4.93. The second-order valence-electron chi connectivity index (χ2n) is 4.93. The molecule has 1 heterocycles. The molecule has 1 aliphatic heterocycles. The molecule has 2 N–H and O–H groups in total. The molecule has 1 atom stereocenters. The Morgan fingerprint density at radius 2 is 2.10 bits per heavy atom. The maximum absolute atomic E-state index is 13.2. The summed E-state index contributed by atoms with van der Waals surface area (Å²) < 4.78 is 24.1. The van der Waals surface area contributed by atoms with Crippen molar-refractivity contribution in [2.45, 2.75) is 19.5 Å². The number of aryl methyl sites for hydroxylation is 1. The Kier molecular flexibility index (Phi) is 5.61. The number of hydrogen-bond acceptors (Lipinski definition) is 4. The summed E-state index contributed by atoms with van der Waals surface area (Å²) in [5.74, 6) is 0.710. The molecule has 0 saturated carbocycles. The zero-order valence-corrected chi connectivity index (χ0v) is 12.0. The van der Waals surface area contributed by atoms with Crippen LogP contribution >= 0.6 is 0 Å². The van der Waals surface area contributed by atoms with E-state index in [1.54, 1.807) is 0 Å². The van der Waals surface area contributed by atoms with Gasteiger partial charge >= 0.3 is 0 Å². The van der Waals surface area contributed by atoms with E-state index in [2.05, 4.69) is 17.9 Å². The Hall–Kier alpha value is -1.33. The average molecular weight is 282 g/mol. The Labute approximate surface area is 119 Å². The molecule has 1 aliphatic rings. The van der Waals surface area contributed by atoms with Crippen LogP contribution in [0.2, 0.25) is 0 Å². The summed E-state index contributed by atoms with van der Waals surface area (Å²) in [6.45, 7) is 5.33. The molecule has 0 bridgehead atoms. The number of benzene rings is 1. The first-order valence-corrected chi connectivity index (χ1v) is 7.16. The van der Waals surface area contributed by atoms with Gasteiger partial charge in [-0.05, 0) is 24.1 Å². The average Bonchev–Trinajstić information content (AvgIpc) is 2.53. The fourth-order valence-electron chi connectivity index (χ4n) is 2.19. The van der Waals surface area contributed by atoms with Crippen molar-refractivity contribution in [3.8, 4) is 5.75 Å². The van der Waals surface area contributed by atoms with Gasteiger partial charge in [-0.1, -0.05) is 6.92 Å². The van der Waals surface area contributed by atoms with Crippen molar-refractivity contribution in [2.75, 3.05) is 44.4 Å². The molecule has 2 rings (SSSR count). The van der Waals surface area contributed by atoms with Crippen molar-refractivity contribution in [3.05, 3.63) is 23.8 Å². The van der Waals surface area contributed by atoms with Gasteiger partial charge in [0, 0.05) is 31.4 Å². The third kappa shape index (κ3) is 4.08. The molecular weight excluding hydrogens is 259 g/mol. The van der Waals surface area contributed by atoms with E-state index in [4.69, 9.17) is 15.2 Å². The predicted molar refractivity (Wildman–Crippen MR) is 78.3 cm³/mol. The Morgan fingerprint density at radius 1 is 1.35 bits per heavy atom. The van der Waals surface area contributed by atoms with Crippen molar-refractivity contribution in [2.24, 2.45) is 5.73 Å². The first kappa shape index (κ1) is 15.1. The highest BCUT2D eigenvalue weighted by Gasteiger charge is 2.13. The number of nitrogens with zero attached hydrogens (tertiary/aromatic N) is 1. The van der Waals surface area contributed by atoms with E-state index >= 15 is 0 Å². The van der Waals surface area contributed by atoms with Crippen LogP contribution in [0.25, 0.3) is 0 Å². The summed E-state index contributed by atoms with van der Waals surface area (Å²) in [6.07, 6.45) is -0.197. The number of rotatable bonds is 6. The molecule has 5 heteroatoms. The summed E-state index contributed by atoms with van der Waals surface area (Å²) >= 11 is 0. The maximum atomic E-state index is 13.2. The van der Waals surface area contributed by atoms with Crippen LogP contribution in [0.3, 0.4) is 0 Å². The summed E-state index contributed by atoms with van der Waals surface area (Å²) in [6, 6.07) is 6.09. The van der Waals surface area contributed by atoms with Crippen molar-refractivity contribution in [3.63, 3.8) is 0 Å². The first-order chi connectivity index (χ1) is 9.72. The molecule has 20 heavy (non-hydrogen) atoms. The molecule has 0 aromatic heterocycles. The van der Waals surface area contributed by atoms with Gasteiger partial charge in [-0.15, -0.1) is 0 Å². The SMILES string of the molecule is CCc1cc(OC[C@H](F)CN)cc(N2CCOCC2)c1. The van der Waals surface area contributed by atoms with Crippen LogP contribution in [0, 0.1) is 0 Å². The maximum Gasteiger partial charge on any atom is 0.146 e. The molecule has 0 spiro atoms. The zero-order chi connectivity index (χ0) is 14.4. The third-order valence-corrected chi connectivity index (χ3v) is 3.42. The normalized spacial score (nSPS) is 17.1. The topological polar surface area (TPSA) is 47.7 Å². The largest absolute Gasteiger partial charge is 0.490 e. The van der Waals surface area contributed by atoms with E-state index in [-0.39, 0.29) is 13.2 Å². The first-order valence-electron chi connectivity index (χ1n) is 7.16. The van der Waals surface area contributed by atoms with Crippen LogP contribution < -0.4 is 15.4 Å². The van der Waals surface area contributed by atoms with Gasteiger partial charge in [0.1, 0.15) is 18.5 Å². The summed E-state index contributed by atoms with van der Waals surface area (Å²) in [5, 5.41) is 0. The fraction of sp³-hybridized carbons (Fsp3) is 0.600. The van der Waals surface area contributed by atoms with Gasteiger partial charge in [-0.3, -0.25) is 0 Å². The van der Waals surface area contributed by atoms with E-state index in [0.717, 1.165) is 38.4 Å². The molecule has 112 valence electrons. The molecule has 1 saturated heterocycles. The third-order valence-electron chi connectivity index (χ3n) is 3.42. The molecule has 0 radical (unpaired) electrons. The van der Waals surface area contributed by atoms with Gasteiger partial charge in [-0.2, -0.15) is 0 Å². The number of alkyl halides is 1. The number of ether oxygens (including phenoxy) is 2. The lowest BCUT2D eigenvalue weighted by molar-refractivity contribution is 0.122. The van der Waals surface area contributed by atoms with Gasteiger partial charge in [0.15, 0.2) is 0 Å².